The Morgan fingerprint density at radius 3 is 2.71 bits per heavy atom. The summed E-state index contributed by atoms with van der Waals surface area (Å²) in [6.07, 6.45) is 0.843. The average molecular weight is 416 g/mol. The van der Waals surface area contributed by atoms with Crippen molar-refractivity contribution < 1.29 is 5.11 Å². The largest absolute Gasteiger partial charge is 0.395 e. The third-order valence-electron chi connectivity index (χ3n) is 4.80. The van der Waals surface area contributed by atoms with Crippen LogP contribution in [-0.4, -0.2) is 31.3 Å². The minimum Gasteiger partial charge on any atom is -0.395 e. The molecule has 5 nitrogen and oxygen atoms in total. The molecule has 3 aromatic rings. The number of alkyl halides is 1. The smallest absolute Gasteiger partial charge is 0.203 e. The number of hydrogen-bond donors (Lipinski definition) is 4. The van der Waals surface area contributed by atoms with Crippen molar-refractivity contribution in [2.75, 3.05) is 31.6 Å². The number of anilines is 1. The summed E-state index contributed by atoms with van der Waals surface area (Å²) in [7, 11) is 0. The van der Waals surface area contributed by atoms with E-state index in [1.54, 1.807) is 11.3 Å². The fraction of sp³-hybridized carbons (Fsp3) is 0.286. The highest BCUT2D eigenvalue weighted by Gasteiger charge is 2.39. The minimum absolute atomic E-state index is 0.00902. The molecule has 2 aromatic carbocycles. The van der Waals surface area contributed by atoms with E-state index in [2.05, 4.69) is 16.0 Å². The van der Waals surface area contributed by atoms with Gasteiger partial charge in [0.05, 0.1) is 17.0 Å². The van der Waals surface area contributed by atoms with Crippen molar-refractivity contribution >= 4 is 38.7 Å². The second-order valence-electron chi connectivity index (χ2n) is 6.71. The van der Waals surface area contributed by atoms with Gasteiger partial charge >= 0.3 is 0 Å². The number of benzene rings is 2. The lowest BCUT2D eigenvalue weighted by Crippen LogP contribution is -2.47. The van der Waals surface area contributed by atoms with E-state index >= 15 is 0 Å². The van der Waals surface area contributed by atoms with Crippen LogP contribution in [0.2, 0.25) is 0 Å². The predicted molar refractivity (Wildman–Crippen MR) is 117 cm³/mol. The Labute approximate surface area is 172 Å². The van der Waals surface area contributed by atoms with E-state index in [9.17, 15) is 4.79 Å². The Morgan fingerprint density at radius 2 is 1.86 bits per heavy atom. The Bertz CT molecular complexity index is 1060. The first kappa shape index (κ1) is 19.4. The van der Waals surface area contributed by atoms with Crippen molar-refractivity contribution in [2.24, 2.45) is 0 Å². The molecule has 7 heteroatoms. The highest BCUT2D eigenvalue weighted by molar-refractivity contribution is 7.19. The molecule has 2 heterocycles. The normalized spacial score (nSPS) is 17.8. The summed E-state index contributed by atoms with van der Waals surface area (Å²) in [6.45, 7) is 2.13. The van der Waals surface area contributed by atoms with Gasteiger partial charge in [0.15, 0.2) is 5.43 Å². The molecule has 146 valence electrons. The first-order valence-corrected chi connectivity index (χ1v) is 10.5. The lowest BCUT2D eigenvalue weighted by Gasteiger charge is -2.36. The van der Waals surface area contributed by atoms with Crippen molar-refractivity contribution in [2.45, 2.75) is 11.5 Å². The molecule has 0 saturated heterocycles. The molecule has 1 aromatic heterocycles. The second kappa shape index (κ2) is 8.19. The first-order chi connectivity index (χ1) is 13.6. The molecule has 0 spiro atoms. The molecule has 28 heavy (non-hydrogen) atoms. The number of aliphatic hydroxyl groups excluding tert-OH is 1. The first-order valence-electron chi connectivity index (χ1n) is 9.33. The third-order valence-corrected chi connectivity index (χ3v) is 6.62. The van der Waals surface area contributed by atoms with Gasteiger partial charge in [-0.05, 0) is 37.7 Å². The van der Waals surface area contributed by atoms with Gasteiger partial charge in [0.25, 0.3) is 0 Å². The number of halogens is 1. The van der Waals surface area contributed by atoms with Gasteiger partial charge in [-0.15, -0.1) is 11.3 Å². The zero-order chi connectivity index (χ0) is 19.6. The van der Waals surface area contributed by atoms with Crippen molar-refractivity contribution in [1.82, 2.24) is 10.6 Å². The summed E-state index contributed by atoms with van der Waals surface area (Å²) >= 11 is 8.58. The fourth-order valence-corrected chi connectivity index (χ4v) is 5.10. The van der Waals surface area contributed by atoms with Gasteiger partial charge in [-0.2, -0.15) is 0 Å². The molecule has 0 amide bonds. The number of para-hydroxylation sites is 1. The summed E-state index contributed by atoms with van der Waals surface area (Å²) in [4.78, 5) is 14.1. The Balaban J connectivity index is 1.74. The zero-order valence-electron chi connectivity index (χ0n) is 15.3. The summed E-state index contributed by atoms with van der Waals surface area (Å²) in [6, 6.07) is 15.4. The van der Waals surface area contributed by atoms with Crippen LogP contribution in [0.3, 0.4) is 0 Å². The van der Waals surface area contributed by atoms with Crippen LogP contribution < -0.4 is 21.4 Å². The maximum absolute atomic E-state index is 13.3. The highest BCUT2D eigenvalue weighted by atomic mass is 35.5. The molecule has 1 atom stereocenters. The monoisotopic (exact) mass is 415 g/mol. The van der Waals surface area contributed by atoms with Gasteiger partial charge in [-0.1, -0.05) is 41.9 Å². The lowest BCUT2D eigenvalue weighted by molar-refractivity contribution is 0.292. The van der Waals surface area contributed by atoms with Crippen LogP contribution in [-0.2, 0) is 5.12 Å². The third kappa shape index (κ3) is 3.54. The number of fused-ring (bicyclic) bond motifs is 4. The predicted octanol–water partition coefficient (Wildman–Crippen LogP) is 3.26. The van der Waals surface area contributed by atoms with Crippen molar-refractivity contribution in [3.05, 3.63) is 63.6 Å². The van der Waals surface area contributed by atoms with E-state index in [0.29, 0.717) is 18.7 Å². The van der Waals surface area contributed by atoms with Crippen molar-refractivity contribution in [3.8, 4) is 11.1 Å². The quantitative estimate of drug-likeness (QED) is 0.271. The van der Waals surface area contributed by atoms with E-state index in [0.717, 1.165) is 39.2 Å². The summed E-state index contributed by atoms with van der Waals surface area (Å²) in [5.41, 5.74) is 2.40. The van der Waals surface area contributed by atoms with E-state index in [-0.39, 0.29) is 12.0 Å². The number of nitrogens with one attached hydrogen (secondary N) is 3. The maximum Gasteiger partial charge on any atom is 0.203 e. The molecule has 0 radical (unpaired) electrons. The van der Waals surface area contributed by atoms with Crippen LogP contribution >= 0.6 is 22.9 Å². The molecule has 1 aliphatic heterocycles. The van der Waals surface area contributed by atoms with E-state index in [1.165, 1.54) is 0 Å². The van der Waals surface area contributed by atoms with Crippen LogP contribution in [0.4, 0.5) is 5.69 Å². The van der Waals surface area contributed by atoms with E-state index in [1.807, 2.05) is 48.5 Å². The number of aliphatic hydroxyl groups is 1. The molecule has 4 N–H and O–H groups in total. The summed E-state index contributed by atoms with van der Waals surface area (Å²) < 4.78 is 0.920. The molecule has 0 aliphatic carbocycles. The molecular formula is C21H22ClN3O2S. The fourth-order valence-electron chi connectivity index (χ4n) is 3.48. The molecular weight excluding hydrogens is 394 g/mol. The number of hydrogen-bond acceptors (Lipinski definition) is 6. The van der Waals surface area contributed by atoms with Crippen molar-refractivity contribution in [1.29, 1.82) is 0 Å². The standard InChI is InChI=1S/C21H22ClN3O2S/c22-21(24-11-5-10-23-12-13-26)20-18(14-6-1-3-8-16(14)25-21)19(27)15-7-2-4-9-17(15)28-20/h1-4,6-9,23-26H,5,10-13H2. The van der Waals surface area contributed by atoms with Gasteiger partial charge in [0, 0.05) is 27.9 Å². The Hall–Kier alpha value is -1.96. The molecule has 1 aliphatic rings. The highest BCUT2D eigenvalue weighted by Crippen LogP contribution is 2.45. The van der Waals surface area contributed by atoms with Gasteiger partial charge in [0.1, 0.15) is 0 Å². The molecule has 0 fully saturated rings. The average Bonchev–Trinajstić information content (AvgIpc) is 2.71. The van der Waals surface area contributed by atoms with Crippen LogP contribution in [0.15, 0.2) is 53.3 Å². The molecule has 0 saturated carbocycles. The number of rotatable bonds is 7. The van der Waals surface area contributed by atoms with Crippen LogP contribution in [0.1, 0.15) is 11.3 Å². The van der Waals surface area contributed by atoms with Crippen molar-refractivity contribution in [3.63, 3.8) is 0 Å². The van der Waals surface area contributed by atoms with Gasteiger partial charge in [0.2, 0.25) is 5.12 Å². The summed E-state index contributed by atoms with van der Waals surface area (Å²) in [5.74, 6) is 0. The SMILES string of the molecule is O=c1c2c(sc3ccccc13)C(Cl)(NCCCNCCO)Nc1ccccc1-2. The van der Waals surface area contributed by atoms with Crippen LogP contribution in [0.25, 0.3) is 21.2 Å². The second-order valence-corrected chi connectivity index (χ2v) is 8.33. The Morgan fingerprint density at radius 1 is 1.07 bits per heavy atom. The molecule has 1 unspecified atom stereocenters. The van der Waals surface area contributed by atoms with Gasteiger partial charge < -0.3 is 15.7 Å². The minimum atomic E-state index is -1.05. The van der Waals surface area contributed by atoms with Gasteiger partial charge in [-0.3, -0.25) is 10.1 Å². The molecule has 4 rings (SSSR count). The Kier molecular flexibility index (Phi) is 5.66. The van der Waals surface area contributed by atoms with E-state index < -0.39 is 5.12 Å². The zero-order valence-corrected chi connectivity index (χ0v) is 16.9. The molecule has 0 bridgehead atoms. The van der Waals surface area contributed by atoms with Crippen LogP contribution in [0.5, 0.6) is 0 Å². The van der Waals surface area contributed by atoms with Crippen LogP contribution in [0, 0.1) is 0 Å². The maximum atomic E-state index is 13.3. The van der Waals surface area contributed by atoms with E-state index in [4.69, 9.17) is 16.7 Å². The topological polar surface area (TPSA) is 73.4 Å². The van der Waals surface area contributed by atoms with Gasteiger partial charge in [-0.25, -0.2) is 0 Å². The summed E-state index contributed by atoms with van der Waals surface area (Å²) in [5, 5.41) is 18.4. The lowest BCUT2D eigenvalue weighted by atomic mass is 9.97.